The smallest absolute Gasteiger partial charge is 0.255 e. The Morgan fingerprint density at radius 3 is 2.90 bits per heavy atom. The molecule has 1 amide bonds. The van der Waals surface area contributed by atoms with Crippen LogP contribution in [0.3, 0.4) is 0 Å². The van der Waals surface area contributed by atoms with Gasteiger partial charge in [-0.3, -0.25) is 4.79 Å². The molecule has 0 saturated carbocycles. The Labute approximate surface area is 136 Å². The molecule has 1 saturated heterocycles. The number of benzene rings is 1. The first-order valence-electron chi connectivity index (χ1n) is 7.60. The second-order valence-corrected chi connectivity index (χ2v) is 6.28. The molecule has 1 aromatic rings. The molecule has 0 aliphatic carbocycles. The average molecular weight is 329 g/mol. The van der Waals surface area contributed by atoms with E-state index >= 15 is 0 Å². The van der Waals surface area contributed by atoms with Crippen LogP contribution in [0.2, 0.25) is 10.0 Å². The van der Waals surface area contributed by atoms with Gasteiger partial charge in [-0.05, 0) is 37.9 Å². The van der Waals surface area contributed by atoms with Gasteiger partial charge in [0, 0.05) is 19.1 Å². The number of amides is 1. The Bertz CT molecular complexity index is 487. The highest BCUT2D eigenvalue weighted by Gasteiger charge is 2.23. The molecule has 2 rings (SSSR count). The van der Waals surface area contributed by atoms with E-state index in [1.54, 1.807) is 18.2 Å². The molecule has 21 heavy (non-hydrogen) atoms. The van der Waals surface area contributed by atoms with Crippen LogP contribution in [-0.2, 0) is 0 Å². The SMILES string of the molecule is CCCCN(CC1CCCN1)C(=O)c1cccc(Cl)c1Cl. The van der Waals surface area contributed by atoms with Gasteiger partial charge >= 0.3 is 0 Å². The molecule has 1 N–H and O–H groups in total. The monoisotopic (exact) mass is 328 g/mol. The first-order valence-corrected chi connectivity index (χ1v) is 8.35. The topological polar surface area (TPSA) is 32.3 Å². The lowest BCUT2D eigenvalue weighted by Crippen LogP contribution is -2.41. The maximum absolute atomic E-state index is 12.8. The summed E-state index contributed by atoms with van der Waals surface area (Å²) in [7, 11) is 0. The van der Waals surface area contributed by atoms with Gasteiger partial charge in [0.15, 0.2) is 0 Å². The summed E-state index contributed by atoms with van der Waals surface area (Å²) >= 11 is 12.2. The molecule has 5 heteroatoms. The van der Waals surface area contributed by atoms with Gasteiger partial charge in [0.25, 0.3) is 5.91 Å². The highest BCUT2D eigenvalue weighted by molar-refractivity contribution is 6.43. The zero-order valence-corrected chi connectivity index (χ0v) is 13.9. The summed E-state index contributed by atoms with van der Waals surface area (Å²) in [5.74, 6) is -0.0235. The van der Waals surface area contributed by atoms with Crippen LogP contribution in [0.25, 0.3) is 0 Å². The molecule has 0 aromatic heterocycles. The summed E-state index contributed by atoms with van der Waals surface area (Å²) in [5.41, 5.74) is 0.498. The van der Waals surface area contributed by atoms with Crippen LogP contribution < -0.4 is 5.32 Å². The van der Waals surface area contributed by atoms with Gasteiger partial charge in [0.2, 0.25) is 0 Å². The zero-order chi connectivity index (χ0) is 15.2. The molecule has 0 bridgehead atoms. The summed E-state index contributed by atoms with van der Waals surface area (Å²) in [6, 6.07) is 5.62. The molecule has 0 spiro atoms. The van der Waals surface area contributed by atoms with E-state index in [-0.39, 0.29) is 5.91 Å². The second-order valence-electron chi connectivity index (χ2n) is 5.50. The van der Waals surface area contributed by atoms with E-state index < -0.39 is 0 Å². The third-order valence-electron chi connectivity index (χ3n) is 3.85. The standard InChI is InChI=1S/C16H22Cl2N2O/c1-2-3-10-20(11-12-6-5-9-19-12)16(21)13-7-4-8-14(17)15(13)18/h4,7-8,12,19H,2-3,5-6,9-11H2,1H3. The summed E-state index contributed by atoms with van der Waals surface area (Å²) in [6.07, 6.45) is 4.36. The first-order chi connectivity index (χ1) is 10.1. The van der Waals surface area contributed by atoms with Crippen LogP contribution in [-0.4, -0.2) is 36.5 Å². The van der Waals surface area contributed by atoms with Gasteiger partial charge in [-0.15, -0.1) is 0 Å². The van der Waals surface area contributed by atoms with Crippen molar-refractivity contribution in [2.24, 2.45) is 0 Å². The summed E-state index contributed by atoms with van der Waals surface area (Å²) < 4.78 is 0. The lowest BCUT2D eigenvalue weighted by molar-refractivity contribution is 0.0739. The van der Waals surface area contributed by atoms with Crippen molar-refractivity contribution in [1.82, 2.24) is 10.2 Å². The maximum atomic E-state index is 12.8. The number of unbranched alkanes of at least 4 members (excludes halogenated alkanes) is 1. The Morgan fingerprint density at radius 2 is 2.24 bits per heavy atom. The van der Waals surface area contributed by atoms with Crippen LogP contribution >= 0.6 is 23.2 Å². The molecule has 1 aliphatic rings. The minimum atomic E-state index is -0.0235. The fourth-order valence-electron chi connectivity index (χ4n) is 2.64. The highest BCUT2D eigenvalue weighted by atomic mass is 35.5. The van der Waals surface area contributed by atoms with Crippen LogP contribution in [0.1, 0.15) is 43.0 Å². The lowest BCUT2D eigenvalue weighted by Gasteiger charge is -2.26. The molecule has 1 atom stereocenters. The zero-order valence-electron chi connectivity index (χ0n) is 12.4. The van der Waals surface area contributed by atoms with E-state index in [0.717, 1.165) is 38.9 Å². The second kappa shape index (κ2) is 8.02. The molecule has 1 heterocycles. The number of halogens is 2. The molecule has 1 unspecified atom stereocenters. The Hall–Kier alpha value is -0.770. The lowest BCUT2D eigenvalue weighted by atomic mass is 10.1. The van der Waals surface area contributed by atoms with Crippen molar-refractivity contribution in [1.29, 1.82) is 0 Å². The van der Waals surface area contributed by atoms with Crippen molar-refractivity contribution >= 4 is 29.1 Å². The average Bonchev–Trinajstić information content (AvgIpc) is 2.98. The number of hydrogen-bond donors (Lipinski definition) is 1. The predicted octanol–water partition coefficient (Wildman–Crippen LogP) is 3.99. The van der Waals surface area contributed by atoms with Crippen LogP contribution in [0.5, 0.6) is 0 Å². The molecule has 1 fully saturated rings. The number of nitrogens with one attached hydrogen (secondary N) is 1. The van der Waals surface area contributed by atoms with Gasteiger partial charge in [-0.1, -0.05) is 42.6 Å². The number of carbonyl (C=O) groups is 1. The Balaban J connectivity index is 2.13. The first kappa shape index (κ1) is 16.6. The van der Waals surface area contributed by atoms with Gasteiger partial charge in [-0.25, -0.2) is 0 Å². The third kappa shape index (κ3) is 4.35. The van der Waals surface area contributed by atoms with Gasteiger partial charge in [0.1, 0.15) is 0 Å². The van der Waals surface area contributed by atoms with Crippen molar-refractivity contribution in [2.75, 3.05) is 19.6 Å². The quantitative estimate of drug-likeness (QED) is 0.856. The van der Waals surface area contributed by atoms with E-state index in [4.69, 9.17) is 23.2 Å². The Morgan fingerprint density at radius 1 is 1.43 bits per heavy atom. The third-order valence-corrected chi connectivity index (χ3v) is 4.67. The van der Waals surface area contributed by atoms with Crippen LogP contribution in [0, 0.1) is 0 Å². The van der Waals surface area contributed by atoms with E-state index in [1.165, 1.54) is 6.42 Å². The minimum absolute atomic E-state index is 0.0235. The fourth-order valence-corrected chi connectivity index (χ4v) is 3.02. The molecule has 116 valence electrons. The minimum Gasteiger partial charge on any atom is -0.337 e. The van der Waals surface area contributed by atoms with Crippen LogP contribution in [0.4, 0.5) is 0 Å². The van der Waals surface area contributed by atoms with Crippen molar-refractivity contribution < 1.29 is 4.79 Å². The fraction of sp³-hybridized carbons (Fsp3) is 0.562. The van der Waals surface area contributed by atoms with Gasteiger partial charge in [0.05, 0.1) is 15.6 Å². The normalized spacial score (nSPS) is 18.0. The highest BCUT2D eigenvalue weighted by Crippen LogP contribution is 2.27. The number of nitrogens with zero attached hydrogens (tertiary/aromatic N) is 1. The van der Waals surface area contributed by atoms with E-state index in [1.807, 2.05) is 4.90 Å². The number of hydrogen-bond acceptors (Lipinski definition) is 2. The van der Waals surface area contributed by atoms with Crippen molar-refractivity contribution in [2.45, 2.75) is 38.6 Å². The van der Waals surface area contributed by atoms with Crippen LogP contribution in [0.15, 0.2) is 18.2 Å². The molecular formula is C16H22Cl2N2O. The van der Waals surface area contributed by atoms with E-state index in [0.29, 0.717) is 21.7 Å². The maximum Gasteiger partial charge on any atom is 0.255 e. The van der Waals surface area contributed by atoms with E-state index in [2.05, 4.69) is 12.2 Å². The van der Waals surface area contributed by atoms with Crippen molar-refractivity contribution in [3.8, 4) is 0 Å². The van der Waals surface area contributed by atoms with Gasteiger partial charge in [-0.2, -0.15) is 0 Å². The predicted molar refractivity (Wildman–Crippen MR) is 88.3 cm³/mol. The molecular weight excluding hydrogens is 307 g/mol. The summed E-state index contributed by atoms with van der Waals surface area (Å²) in [5, 5.41) is 4.22. The largest absolute Gasteiger partial charge is 0.337 e. The number of carbonyl (C=O) groups excluding carboxylic acids is 1. The van der Waals surface area contributed by atoms with Crippen molar-refractivity contribution in [3.63, 3.8) is 0 Å². The Kier molecular flexibility index (Phi) is 6.34. The molecule has 3 nitrogen and oxygen atoms in total. The summed E-state index contributed by atoms with van der Waals surface area (Å²) in [4.78, 5) is 14.7. The number of rotatable bonds is 6. The van der Waals surface area contributed by atoms with E-state index in [9.17, 15) is 4.79 Å². The molecule has 0 radical (unpaired) electrons. The van der Waals surface area contributed by atoms with Crippen molar-refractivity contribution in [3.05, 3.63) is 33.8 Å². The summed E-state index contributed by atoms with van der Waals surface area (Å²) in [6.45, 7) is 4.67. The van der Waals surface area contributed by atoms with Gasteiger partial charge < -0.3 is 10.2 Å². The molecule has 1 aliphatic heterocycles. The molecule has 1 aromatic carbocycles.